The number of carbonyl (C=O) groups excluding carboxylic acids is 2. The Balaban J connectivity index is 2.85. The second kappa shape index (κ2) is 9.80. The van der Waals surface area contributed by atoms with Gasteiger partial charge in [-0.25, -0.2) is 0 Å². The molecule has 0 heterocycles. The molecule has 1 amide bonds. The molecule has 1 rings (SSSR count). The molecule has 26 heavy (non-hydrogen) atoms. The summed E-state index contributed by atoms with van der Waals surface area (Å²) in [5.74, 6) is 0.402. The molecule has 1 atom stereocenters. The molecule has 0 fully saturated rings. The maximum Gasteiger partial charge on any atom is 0.311 e. The van der Waals surface area contributed by atoms with E-state index < -0.39 is 12.1 Å². The van der Waals surface area contributed by atoms with Gasteiger partial charge in [-0.15, -0.1) is 0 Å². The number of amides is 1. The van der Waals surface area contributed by atoms with Crippen LogP contribution in [0, 0.1) is 0 Å². The second-order valence-corrected chi connectivity index (χ2v) is 7.39. The first-order valence-electron chi connectivity index (χ1n) is 8.54. The van der Waals surface area contributed by atoms with Crippen LogP contribution in [0.3, 0.4) is 0 Å². The van der Waals surface area contributed by atoms with Crippen LogP contribution in [0.2, 0.25) is 0 Å². The first-order chi connectivity index (χ1) is 12.1. The van der Waals surface area contributed by atoms with Crippen LogP contribution in [0.1, 0.15) is 40.2 Å². The highest BCUT2D eigenvalue weighted by Crippen LogP contribution is 2.33. The van der Waals surface area contributed by atoms with Gasteiger partial charge in [-0.2, -0.15) is 0 Å². The summed E-state index contributed by atoms with van der Waals surface area (Å²) in [6.45, 7) is 9.35. The van der Waals surface area contributed by atoms with Gasteiger partial charge in [0.15, 0.2) is 17.6 Å². The molecule has 0 aliphatic heterocycles. The molecule has 0 bridgehead atoms. The Kier molecular flexibility index (Phi) is 8.40. The van der Waals surface area contributed by atoms with Crippen LogP contribution >= 0.6 is 15.9 Å². The van der Waals surface area contributed by atoms with Crippen molar-refractivity contribution in [2.24, 2.45) is 0 Å². The number of ether oxygens (including phenoxy) is 3. The summed E-state index contributed by atoms with van der Waals surface area (Å²) in [4.78, 5) is 26.6. The van der Waals surface area contributed by atoms with Crippen molar-refractivity contribution in [3.63, 3.8) is 0 Å². The fourth-order valence-corrected chi connectivity index (χ4v) is 3.25. The summed E-state index contributed by atoms with van der Waals surface area (Å²) >= 11 is 3.42. The number of rotatable bonds is 8. The number of esters is 1. The van der Waals surface area contributed by atoms with E-state index in [1.54, 1.807) is 31.1 Å². The van der Waals surface area contributed by atoms with Crippen molar-refractivity contribution in [3.8, 4) is 11.5 Å². The molecule has 0 N–H and O–H groups in total. The van der Waals surface area contributed by atoms with Crippen LogP contribution in [0.25, 0.3) is 0 Å². The van der Waals surface area contributed by atoms with Crippen LogP contribution in [0.15, 0.2) is 16.6 Å². The largest absolute Gasteiger partial charge is 0.493 e. The molecule has 0 aromatic heterocycles. The van der Waals surface area contributed by atoms with Crippen LogP contribution < -0.4 is 9.47 Å². The summed E-state index contributed by atoms with van der Waals surface area (Å²) < 4.78 is 16.5. The van der Waals surface area contributed by atoms with E-state index in [9.17, 15) is 9.59 Å². The van der Waals surface area contributed by atoms with E-state index >= 15 is 0 Å². The molecule has 6 nitrogen and oxygen atoms in total. The van der Waals surface area contributed by atoms with Gasteiger partial charge in [0.1, 0.15) is 0 Å². The minimum absolute atomic E-state index is 0.0158. The SMILES string of the molecule is COc1cc(Br)c(CC(=O)OC(C)C(=O)N(C(C)C)C(C)C)cc1OC. The van der Waals surface area contributed by atoms with E-state index in [4.69, 9.17) is 14.2 Å². The molecule has 0 saturated heterocycles. The fourth-order valence-electron chi connectivity index (χ4n) is 2.79. The Morgan fingerprint density at radius 1 is 1.00 bits per heavy atom. The first kappa shape index (κ1) is 22.3. The van der Waals surface area contributed by atoms with E-state index in [-0.39, 0.29) is 24.4 Å². The molecule has 0 aliphatic rings. The third-order valence-electron chi connectivity index (χ3n) is 3.91. The highest BCUT2D eigenvalue weighted by atomic mass is 79.9. The number of hydrogen-bond donors (Lipinski definition) is 0. The molecule has 7 heteroatoms. The van der Waals surface area contributed by atoms with Gasteiger partial charge in [0.2, 0.25) is 0 Å². The Morgan fingerprint density at radius 2 is 1.50 bits per heavy atom. The number of hydrogen-bond acceptors (Lipinski definition) is 5. The molecule has 1 aromatic rings. The number of carbonyl (C=O) groups is 2. The molecule has 0 radical (unpaired) electrons. The summed E-state index contributed by atoms with van der Waals surface area (Å²) in [6.07, 6.45) is -0.826. The van der Waals surface area contributed by atoms with Gasteiger partial charge >= 0.3 is 5.97 Å². The van der Waals surface area contributed by atoms with Gasteiger partial charge in [-0.05, 0) is 52.3 Å². The maximum absolute atomic E-state index is 12.6. The van der Waals surface area contributed by atoms with E-state index in [0.717, 1.165) is 0 Å². The molecular weight excluding hydrogens is 402 g/mol. The zero-order chi connectivity index (χ0) is 20.0. The van der Waals surface area contributed by atoms with E-state index in [0.29, 0.717) is 21.5 Å². The maximum atomic E-state index is 12.6. The minimum Gasteiger partial charge on any atom is -0.493 e. The van der Waals surface area contributed by atoms with Crippen LogP contribution in [-0.4, -0.2) is 49.2 Å². The van der Waals surface area contributed by atoms with Gasteiger partial charge in [0.05, 0.1) is 20.6 Å². The third kappa shape index (κ3) is 5.62. The normalized spacial score (nSPS) is 12.1. The lowest BCUT2D eigenvalue weighted by Crippen LogP contribution is -2.47. The van der Waals surface area contributed by atoms with Gasteiger partial charge in [-0.3, -0.25) is 9.59 Å². The van der Waals surface area contributed by atoms with Gasteiger partial charge < -0.3 is 19.1 Å². The van der Waals surface area contributed by atoms with Crippen molar-refractivity contribution in [1.29, 1.82) is 0 Å². The molecule has 0 spiro atoms. The molecular formula is C19H28BrNO5. The fraction of sp³-hybridized carbons (Fsp3) is 0.579. The minimum atomic E-state index is -0.841. The molecule has 1 aromatic carbocycles. The Hall–Kier alpha value is -1.76. The Morgan fingerprint density at radius 3 is 1.96 bits per heavy atom. The van der Waals surface area contributed by atoms with Crippen molar-refractivity contribution < 1.29 is 23.8 Å². The smallest absolute Gasteiger partial charge is 0.311 e. The second-order valence-electron chi connectivity index (χ2n) is 6.54. The lowest BCUT2D eigenvalue weighted by Gasteiger charge is -2.32. The first-order valence-corrected chi connectivity index (χ1v) is 9.33. The number of nitrogens with zero attached hydrogens (tertiary/aromatic N) is 1. The van der Waals surface area contributed by atoms with Crippen molar-refractivity contribution in [1.82, 2.24) is 4.90 Å². The van der Waals surface area contributed by atoms with Gasteiger partial charge in [-0.1, -0.05) is 15.9 Å². The summed E-state index contributed by atoms with van der Waals surface area (Å²) in [6, 6.07) is 3.51. The van der Waals surface area contributed by atoms with Crippen molar-refractivity contribution >= 4 is 27.8 Å². The lowest BCUT2D eigenvalue weighted by atomic mass is 10.1. The van der Waals surface area contributed by atoms with Crippen LogP contribution in [0.5, 0.6) is 11.5 Å². The summed E-state index contributed by atoms with van der Waals surface area (Å²) in [5.41, 5.74) is 0.692. The van der Waals surface area contributed by atoms with Gasteiger partial charge in [0.25, 0.3) is 5.91 Å². The topological polar surface area (TPSA) is 65.1 Å². The third-order valence-corrected chi connectivity index (χ3v) is 4.65. The van der Waals surface area contributed by atoms with Gasteiger partial charge in [0, 0.05) is 16.6 Å². The lowest BCUT2D eigenvalue weighted by molar-refractivity contribution is -0.160. The number of halogens is 1. The predicted octanol–water partition coefficient (Wildman–Crippen LogP) is 3.59. The average molecular weight is 430 g/mol. The van der Waals surface area contributed by atoms with Crippen LogP contribution in [-0.2, 0) is 20.7 Å². The van der Waals surface area contributed by atoms with E-state index in [1.165, 1.54) is 7.11 Å². The van der Waals surface area contributed by atoms with E-state index in [2.05, 4.69) is 15.9 Å². The summed E-state index contributed by atoms with van der Waals surface area (Å²) in [5, 5.41) is 0. The van der Waals surface area contributed by atoms with Crippen molar-refractivity contribution in [2.75, 3.05) is 14.2 Å². The predicted molar refractivity (Wildman–Crippen MR) is 104 cm³/mol. The molecule has 0 aliphatic carbocycles. The molecule has 0 saturated carbocycles. The monoisotopic (exact) mass is 429 g/mol. The van der Waals surface area contributed by atoms with Crippen molar-refractivity contribution in [3.05, 3.63) is 22.2 Å². The quantitative estimate of drug-likeness (QED) is 0.590. The highest BCUT2D eigenvalue weighted by molar-refractivity contribution is 9.10. The number of benzene rings is 1. The molecule has 1 unspecified atom stereocenters. The standard InChI is InChI=1S/C19H28BrNO5/c1-11(2)21(12(3)4)19(23)13(5)26-18(22)9-14-8-16(24-6)17(25-7)10-15(14)20/h8,10-13H,9H2,1-7H3. The molecule has 146 valence electrons. The average Bonchev–Trinajstić information content (AvgIpc) is 2.55. The van der Waals surface area contributed by atoms with E-state index in [1.807, 2.05) is 27.7 Å². The highest BCUT2D eigenvalue weighted by Gasteiger charge is 2.27. The Bertz CT molecular complexity index is 637. The zero-order valence-corrected chi connectivity index (χ0v) is 18.0. The zero-order valence-electron chi connectivity index (χ0n) is 16.5. The Labute approximate surface area is 163 Å². The number of methoxy groups -OCH3 is 2. The van der Waals surface area contributed by atoms with Crippen LogP contribution in [0.4, 0.5) is 0 Å². The summed E-state index contributed by atoms with van der Waals surface area (Å²) in [7, 11) is 3.07. The van der Waals surface area contributed by atoms with Crippen molar-refractivity contribution in [2.45, 2.75) is 59.2 Å².